The van der Waals surface area contributed by atoms with Crippen LogP contribution < -0.4 is 10.4 Å². The van der Waals surface area contributed by atoms with Crippen molar-refractivity contribution in [3.8, 4) is 0 Å². The summed E-state index contributed by atoms with van der Waals surface area (Å²) < 4.78 is 0.878. The summed E-state index contributed by atoms with van der Waals surface area (Å²) in [4.78, 5) is 22.6. The van der Waals surface area contributed by atoms with E-state index >= 15 is 0 Å². The molecule has 0 aliphatic rings. The first kappa shape index (κ1) is 13.3. The molecular weight excluding hydrogens is 310 g/mol. The summed E-state index contributed by atoms with van der Waals surface area (Å²) in [7, 11) is 0. The van der Waals surface area contributed by atoms with Crippen molar-refractivity contribution in [1.29, 1.82) is 0 Å². The Labute approximate surface area is 118 Å². The Morgan fingerprint density at radius 3 is 2.32 bits per heavy atom. The topological polar surface area (TPSA) is 69.2 Å². The normalized spacial score (nSPS) is 9.95. The fourth-order valence-corrected chi connectivity index (χ4v) is 1.79. The van der Waals surface area contributed by atoms with E-state index in [4.69, 9.17) is 0 Å². The molecule has 0 radical (unpaired) electrons. The second kappa shape index (κ2) is 5.67. The van der Waals surface area contributed by atoms with Crippen LogP contribution in [0.25, 0.3) is 0 Å². The van der Waals surface area contributed by atoms with E-state index in [0.29, 0.717) is 11.3 Å². The summed E-state index contributed by atoms with van der Waals surface area (Å²) in [5.74, 6) is -1.58. The van der Waals surface area contributed by atoms with Crippen molar-refractivity contribution in [1.82, 2.24) is 0 Å². The van der Waals surface area contributed by atoms with Crippen LogP contribution in [-0.4, -0.2) is 11.9 Å². The fraction of sp³-hybridized carbons (Fsp3) is 0. The van der Waals surface area contributed by atoms with Crippen LogP contribution in [0.4, 0.5) is 5.69 Å². The Hall–Kier alpha value is -2.14. The number of carbonyl (C=O) groups is 2. The van der Waals surface area contributed by atoms with Crippen LogP contribution >= 0.6 is 15.9 Å². The molecule has 2 aromatic carbocycles. The number of hydrogen-bond donors (Lipinski definition) is 1. The van der Waals surface area contributed by atoms with Crippen LogP contribution in [0, 0.1) is 0 Å². The van der Waals surface area contributed by atoms with Gasteiger partial charge < -0.3 is 15.2 Å². The van der Waals surface area contributed by atoms with E-state index in [2.05, 4.69) is 21.2 Å². The molecule has 0 aromatic heterocycles. The van der Waals surface area contributed by atoms with Gasteiger partial charge in [0.15, 0.2) is 0 Å². The number of halogens is 1. The van der Waals surface area contributed by atoms with Crippen LogP contribution in [0.3, 0.4) is 0 Å². The van der Waals surface area contributed by atoms with Crippen molar-refractivity contribution in [2.75, 3.05) is 5.32 Å². The zero-order valence-electron chi connectivity index (χ0n) is 9.72. The third kappa shape index (κ3) is 3.42. The SMILES string of the molecule is O=C([O-])c1cccc(NC(=O)c2ccc(Br)cc2)c1. The van der Waals surface area contributed by atoms with Crippen molar-refractivity contribution in [2.45, 2.75) is 0 Å². The summed E-state index contributed by atoms with van der Waals surface area (Å²) in [5, 5.41) is 13.3. The largest absolute Gasteiger partial charge is 0.545 e. The van der Waals surface area contributed by atoms with Crippen LogP contribution in [0.5, 0.6) is 0 Å². The molecule has 0 fully saturated rings. The van der Waals surface area contributed by atoms with Gasteiger partial charge in [0.1, 0.15) is 0 Å². The average molecular weight is 319 g/mol. The van der Waals surface area contributed by atoms with Crippen LogP contribution in [0.2, 0.25) is 0 Å². The third-order valence-corrected chi connectivity index (χ3v) is 2.99. The van der Waals surface area contributed by atoms with Gasteiger partial charge in [-0.05, 0) is 42.0 Å². The fourth-order valence-electron chi connectivity index (χ4n) is 1.53. The molecule has 0 saturated heterocycles. The lowest BCUT2D eigenvalue weighted by molar-refractivity contribution is -0.255. The molecule has 0 aliphatic heterocycles. The molecule has 1 amide bonds. The molecule has 0 bridgehead atoms. The second-order valence-electron chi connectivity index (χ2n) is 3.83. The number of carboxylic acids is 1. The predicted octanol–water partition coefficient (Wildman–Crippen LogP) is 2.06. The zero-order valence-corrected chi connectivity index (χ0v) is 11.3. The molecule has 19 heavy (non-hydrogen) atoms. The number of benzene rings is 2. The second-order valence-corrected chi connectivity index (χ2v) is 4.74. The summed E-state index contributed by atoms with van der Waals surface area (Å²) in [6.07, 6.45) is 0. The molecule has 4 nitrogen and oxygen atoms in total. The van der Waals surface area contributed by atoms with Gasteiger partial charge in [-0.3, -0.25) is 4.79 Å². The van der Waals surface area contributed by atoms with Crippen molar-refractivity contribution in [3.63, 3.8) is 0 Å². The highest BCUT2D eigenvalue weighted by atomic mass is 79.9. The molecule has 0 heterocycles. The number of amides is 1. The minimum atomic E-state index is -1.28. The van der Waals surface area contributed by atoms with Gasteiger partial charge in [-0.1, -0.05) is 28.1 Å². The highest BCUT2D eigenvalue weighted by Gasteiger charge is 2.06. The van der Waals surface area contributed by atoms with Gasteiger partial charge in [-0.15, -0.1) is 0 Å². The molecule has 0 aliphatic carbocycles. The molecule has 5 heteroatoms. The van der Waals surface area contributed by atoms with Crippen LogP contribution in [0.15, 0.2) is 53.0 Å². The molecule has 2 aromatic rings. The average Bonchev–Trinajstić information content (AvgIpc) is 2.39. The minimum absolute atomic E-state index is 0.0219. The number of rotatable bonds is 3. The standard InChI is InChI=1S/C14H10BrNO3/c15-11-6-4-9(5-7-11)13(17)16-12-3-1-2-10(8-12)14(18)19/h1-8H,(H,16,17)(H,18,19)/p-1. The Bertz CT molecular complexity index is 623. The van der Waals surface area contributed by atoms with Crippen molar-refractivity contribution >= 4 is 33.5 Å². The highest BCUT2D eigenvalue weighted by molar-refractivity contribution is 9.10. The molecule has 0 unspecified atom stereocenters. The van der Waals surface area contributed by atoms with Gasteiger partial charge in [0.05, 0.1) is 5.97 Å². The summed E-state index contributed by atoms with van der Waals surface area (Å²) in [6, 6.07) is 12.8. The quantitative estimate of drug-likeness (QED) is 0.941. The van der Waals surface area contributed by atoms with Crippen LogP contribution in [0.1, 0.15) is 20.7 Å². The van der Waals surface area contributed by atoms with E-state index < -0.39 is 5.97 Å². The highest BCUT2D eigenvalue weighted by Crippen LogP contribution is 2.14. The van der Waals surface area contributed by atoms with E-state index in [0.717, 1.165) is 4.47 Å². The van der Waals surface area contributed by atoms with E-state index in [1.54, 1.807) is 36.4 Å². The van der Waals surface area contributed by atoms with Gasteiger partial charge in [0.25, 0.3) is 5.91 Å². The number of carbonyl (C=O) groups excluding carboxylic acids is 2. The monoisotopic (exact) mass is 318 g/mol. The van der Waals surface area contributed by atoms with E-state index in [-0.39, 0.29) is 11.5 Å². The molecule has 0 saturated carbocycles. The van der Waals surface area contributed by atoms with Gasteiger partial charge in [-0.2, -0.15) is 0 Å². The first-order chi connectivity index (χ1) is 9.06. The lowest BCUT2D eigenvalue weighted by Gasteiger charge is -2.08. The Kier molecular flexibility index (Phi) is 3.97. The van der Waals surface area contributed by atoms with Gasteiger partial charge in [-0.25, -0.2) is 0 Å². The van der Waals surface area contributed by atoms with Crippen molar-refractivity contribution < 1.29 is 14.7 Å². The molecule has 1 N–H and O–H groups in total. The summed E-state index contributed by atoms with van der Waals surface area (Å²) in [6.45, 7) is 0. The summed E-state index contributed by atoms with van der Waals surface area (Å²) >= 11 is 3.28. The maximum absolute atomic E-state index is 11.9. The smallest absolute Gasteiger partial charge is 0.255 e. The number of carboxylic acid groups (broad SMARTS) is 1. The lowest BCUT2D eigenvalue weighted by atomic mass is 10.2. The molecular formula is C14H9BrNO3-. The molecule has 96 valence electrons. The van der Waals surface area contributed by atoms with Gasteiger partial charge in [0.2, 0.25) is 0 Å². The Morgan fingerprint density at radius 1 is 1.00 bits per heavy atom. The van der Waals surface area contributed by atoms with Gasteiger partial charge >= 0.3 is 0 Å². The maximum atomic E-state index is 11.9. The maximum Gasteiger partial charge on any atom is 0.255 e. The Morgan fingerprint density at radius 2 is 1.68 bits per heavy atom. The number of hydrogen-bond acceptors (Lipinski definition) is 3. The molecule has 0 atom stereocenters. The first-order valence-corrected chi connectivity index (χ1v) is 6.24. The Balaban J connectivity index is 2.17. The van der Waals surface area contributed by atoms with Crippen LogP contribution in [-0.2, 0) is 0 Å². The molecule has 0 spiro atoms. The summed E-state index contributed by atoms with van der Waals surface area (Å²) in [5.41, 5.74) is 0.922. The van der Waals surface area contributed by atoms with E-state index in [1.165, 1.54) is 12.1 Å². The molecule has 2 rings (SSSR count). The zero-order chi connectivity index (χ0) is 13.8. The van der Waals surface area contributed by atoms with E-state index in [1.807, 2.05) is 0 Å². The predicted molar refractivity (Wildman–Crippen MR) is 72.9 cm³/mol. The van der Waals surface area contributed by atoms with E-state index in [9.17, 15) is 14.7 Å². The van der Waals surface area contributed by atoms with Crippen molar-refractivity contribution in [2.24, 2.45) is 0 Å². The minimum Gasteiger partial charge on any atom is -0.545 e. The lowest BCUT2D eigenvalue weighted by Crippen LogP contribution is -2.22. The van der Waals surface area contributed by atoms with Crippen molar-refractivity contribution in [3.05, 3.63) is 64.1 Å². The number of nitrogens with one attached hydrogen (secondary N) is 1. The first-order valence-electron chi connectivity index (χ1n) is 5.44. The van der Waals surface area contributed by atoms with Gasteiger partial charge in [0, 0.05) is 15.7 Å². The number of aromatic carboxylic acids is 1. The number of anilines is 1. The third-order valence-electron chi connectivity index (χ3n) is 2.46.